The van der Waals surface area contributed by atoms with Gasteiger partial charge in [-0.3, -0.25) is 4.57 Å². The monoisotopic (exact) mass is 265 g/mol. The molecular formula is C13H16ClN3O. The third-order valence-electron chi connectivity index (χ3n) is 2.55. The second-order valence-corrected chi connectivity index (χ2v) is 4.31. The van der Waals surface area contributed by atoms with Gasteiger partial charge in [-0.2, -0.15) is 0 Å². The van der Waals surface area contributed by atoms with Crippen LogP contribution >= 0.6 is 11.6 Å². The summed E-state index contributed by atoms with van der Waals surface area (Å²) >= 11 is 5.88. The quantitative estimate of drug-likeness (QED) is 0.816. The molecular weight excluding hydrogens is 250 g/mol. The van der Waals surface area contributed by atoms with Crippen molar-refractivity contribution in [1.29, 1.82) is 0 Å². The molecule has 0 bridgehead atoms. The number of ether oxygens (including phenoxy) is 1. The van der Waals surface area contributed by atoms with Crippen LogP contribution in [0.4, 0.5) is 5.95 Å². The molecule has 0 saturated heterocycles. The Morgan fingerprint density at radius 2 is 2.11 bits per heavy atom. The molecule has 0 spiro atoms. The van der Waals surface area contributed by atoms with Gasteiger partial charge in [0.25, 0.3) is 0 Å². The summed E-state index contributed by atoms with van der Waals surface area (Å²) in [7, 11) is 1.70. The average Bonchev–Trinajstić information content (AvgIpc) is 2.84. The fourth-order valence-corrected chi connectivity index (χ4v) is 1.79. The summed E-state index contributed by atoms with van der Waals surface area (Å²) in [5, 5.41) is 4.01. The minimum absolute atomic E-state index is 0.730. The largest absolute Gasteiger partial charge is 0.385 e. The number of nitrogens with one attached hydrogen (secondary N) is 1. The maximum absolute atomic E-state index is 5.88. The van der Waals surface area contributed by atoms with Gasteiger partial charge in [-0.1, -0.05) is 11.6 Å². The number of anilines is 1. The normalized spacial score (nSPS) is 10.6. The van der Waals surface area contributed by atoms with Crippen LogP contribution in [0.15, 0.2) is 36.7 Å². The highest BCUT2D eigenvalue weighted by Gasteiger charge is 2.03. The van der Waals surface area contributed by atoms with E-state index in [1.54, 1.807) is 13.3 Å². The lowest BCUT2D eigenvalue weighted by Gasteiger charge is -2.09. The fraction of sp³-hybridized carbons (Fsp3) is 0.308. The molecule has 2 aromatic rings. The Morgan fingerprint density at radius 1 is 1.33 bits per heavy atom. The summed E-state index contributed by atoms with van der Waals surface area (Å²) in [5.74, 6) is 0.827. The van der Waals surface area contributed by atoms with Crippen molar-refractivity contribution in [3.63, 3.8) is 0 Å². The number of aromatic nitrogens is 2. The van der Waals surface area contributed by atoms with Crippen molar-refractivity contribution in [3.8, 4) is 5.69 Å². The van der Waals surface area contributed by atoms with Crippen LogP contribution < -0.4 is 5.32 Å². The first-order valence-electron chi connectivity index (χ1n) is 5.83. The lowest BCUT2D eigenvalue weighted by molar-refractivity contribution is 0.197. The van der Waals surface area contributed by atoms with Crippen LogP contribution in [0, 0.1) is 0 Å². The molecule has 0 aliphatic carbocycles. The summed E-state index contributed by atoms with van der Waals surface area (Å²) in [6.45, 7) is 1.58. The van der Waals surface area contributed by atoms with E-state index < -0.39 is 0 Å². The van der Waals surface area contributed by atoms with Gasteiger partial charge in [0, 0.05) is 43.4 Å². The van der Waals surface area contributed by atoms with E-state index in [0.29, 0.717) is 0 Å². The lowest BCUT2D eigenvalue weighted by Crippen LogP contribution is -2.09. The van der Waals surface area contributed by atoms with Crippen molar-refractivity contribution >= 4 is 17.5 Å². The zero-order valence-corrected chi connectivity index (χ0v) is 11.0. The van der Waals surface area contributed by atoms with E-state index >= 15 is 0 Å². The smallest absolute Gasteiger partial charge is 0.207 e. The Bertz CT molecular complexity index is 481. The molecule has 2 rings (SSSR count). The summed E-state index contributed by atoms with van der Waals surface area (Å²) in [6.07, 6.45) is 4.64. The molecule has 0 aliphatic rings. The predicted octanol–water partition coefficient (Wildman–Crippen LogP) is 2.97. The number of rotatable bonds is 6. The highest BCUT2D eigenvalue weighted by Crippen LogP contribution is 2.17. The minimum atomic E-state index is 0.730. The summed E-state index contributed by atoms with van der Waals surface area (Å²) in [6, 6.07) is 7.66. The van der Waals surface area contributed by atoms with Crippen LogP contribution in [0.5, 0.6) is 0 Å². The molecule has 96 valence electrons. The van der Waals surface area contributed by atoms with Crippen LogP contribution in [-0.4, -0.2) is 29.8 Å². The SMILES string of the molecule is COCCCNc1nccn1-c1ccc(Cl)cc1. The van der Waals surface area contributed by atoms with E-state index in [0.717, 1.165) is 36.2 Å². The topological polar surface area (TPSA) is 39.1 Å². The van der Waals surface area contributed by atoms with Gasteiger partial charge in [0.2, 0.25) is 5.95 Å². The van der Waals surface area contributed by atoms with Gasteiger partial charge in [-0.15, -0.1) is 0 Å². The molecule has 18 heavy (non-hydrogen) atoms. The van der Waals surface area contributed by atoms with Crippen LogP contribution in [0.2, 0.25) is 5.02 Å². The Kier molecular flexibility index (Phi) is 4.61. The van der Waals surface area contributed by atoms with Crippen molar-refractivity contribution in [3.05, 3.63) is 41.7 Å². The number of hydrogen-bond donors (Lipinski definition) is 1. The highest BCUT2D eigenvalue weighted by molar-refractivity contribution is 6.30. The zero-order valence-electron chi connectivity index (χ0n) is 10.3. The second-order valence-electron chi connectivity index (χ2n) is 3.87. The van der Waals surface area contributed by atoms with Crippen molar-refractivity contribution in [2.75, 3.05) is 25.6 Å². The van der Waals surface area contributed by atoms with E-state index in [1.165, 1.54) is 0 Å². The Balaban J connectivity index is 2.05. The summed E-state index contributed by atoms with van der Waals surface area (Å²) in [5.41, 5.74) is 1.03. The molecule has 0 amide bonds. The standard InChI is InChI=1S/C13H16ClN3O/c1-18-10-2-7-15-13-16-8-9-17(13)12-5-3-11(14)4-6-12/h3-6,8-9H,2,7,10H2,1H3,(H,15,16). The molecule has 0 aliphatic heterocycles. The van der Waals surface area contributed by atoms with Gasteiger partial charge in [0.05, 0.1) is 0 Å². The molecule has 1 heterocycles. The molecule has 4 nitrogen and oxygen atoms in total. The van der Waals surface area contributed by atoms with Crippen molar-refractivity contribution in [2.45, 2.75) is 6.42 Å². The van der Waals surface area contributed by atoms with Gasteiger partial charge in [0.15, 0.2) is 0 Å². The van der Waals surface area contributed by atoms with Gasteiger partial charge in [0.1, 0.15) is 0 Å². The van der Waals surface area contributed by atoms with E-state index in [2.05, 4.69) is 10.3 Å². The number of halogens is 1. The van der Waals surface area contributed by atoms with Crippen molar-refractivity contribution in [1.82, 2.24) is 9.55 Å². The number of benzene rings is 1. The number of hydrogen-bond acceptors (Lipinski definition) is 3. The maximum Gasteiger partial charge on any atom is 0.207 e. The third kappa shape index (κ3) is 3.24. The van der Waals surface area contributed by atoms with Gasteiger partial charge in [-0.05, 0) is 30.7 Å². The van der Waals surface area contributed by atoms with Crippen LogP contribution in [-0.2, 0) is 4.74 Å². The predicted molar refractivity (Wildman–Crippen MR) is 73.6 cm³/mol. The number of nitrogens with zero attached hydrogens (tertiary/aromatic N) is 2. The van der Waals surface area contributed by atoms with E-state index in [1.807, 2.05) is 35.0 Å². The van der Waals surface area contributed by atoms with Crippen LogP contribution in [0.1, 0.15) is 6.42 Å². The molecule has 1 N–H and O–H groups in total. The fourth-order valence-electron chi connectivity index (χ4n) is 1.66. The van der Waals surface area contributed by atoms with Gasteiger partial charge >= 0.3 is 0 Å². The highest BCUT2D eigenvalue weighted by atomic mass is 35.5. The second kappa shape index (κ2) is 6.42. The number of methoxy groups -OCH3 is 1. The van der Waals surface area contributed by atoms with E-state index in [9.17, 15) is 0 Å². The Labute approximate surface area is 112 Å². The molecule has 0 unspecified atom stereocenters. The van der Waals surface area contributed by atoms with Crippen molar-refractivity contribution < 1.29 is 4.74 Å². The summed E-state index contributed by atoms with van der Waals surface area (Å²) < 4.78 is 7.00. The van der Waals surface area contributed by atoms with Crippen molar-refractivity contribution in [2.24, 2.45) is 0 Å². The van der Waals surface area contributed by atoms with E-state index in [-0.39, 0.29) is 0 Å². The molecule has 0 atom stereocenters. The molecule has 1 aromatic heterocycles. The number of imidazole rings is 1. The Hall–Kier alpha value is -1.52. The first kappa shape index (κ1) is 12.9. The maximum atomic E-state index is 5.88. The average molecular weight is 266 g/mol. The first-order chi connectivity index (χ1) is 8.81. The zero-order chi connectivity index (χ0) is 12.8. The third-order valence-corrected chi connectivity index (χ3v) is 2.81. The van der Waals surface area contributed by atoms with E-state index in [4.69, 9.17) is 16.3 Å². The lowest BCUT2D eigenvalue weighted by atomic mass is 10.3. The minimum Gasteiger partial charge on any atom is -0.385 e. The van der Waals surface area contributed by atoms with Crippen LogP contribution in [0.3, 0.4) is 0 Å². The van der Waals surface area contributed by atoms with Gasteiger partial charge < -0.3 is 10.1 Å². The molecule has 0 saturated carbocycles. The molecule has 0 fully saturated rings. The molecule has 5 heteroatoms. The van der Waals surface area contributed by atoms with Crippen LogP contribution in [0.25, 0.3) is 5.69 Å². The Morgan fingerprint density at radius 3 is 2.83 bits per heavy atom. The first-order valence-corrected chi connectivity index (χ1v) is 6.21. The van der Waals surface area contributed by atoms with Gasteiger partial charge in [-0.25, -0.2) is 4.98 Å². The molecule has 1 aromatic carbocycles. The summed E-state index contributed by atoms with van der Waals surface area (Å²) in [4.78, 5) is 4.29. The molecule has 0 radical (unpaired) electrons.